The lowest BCUT2D eigenvalue weighted by Gasteiger charge is -2.43. The number of anilines is 1. The van der Waals surface area contributed by atoms with E-state index in [1.165, 1.54) is 21.1 Å². The van der Waals surface area contributed by atoms with Gasteiger partial charge in [-0.1, -0.05) is 18.2 Å². The highest BCUT2D eigenvalue weighted by atomic mass is 16.5. The molecule has 8 heteroatoms. The molecular formula is C24H24N2O6. The van der Waals surface area contributed by atoms with Crippen LogP contribution in [0.4, 0.5) is 5.69 Å². The number of rotatable bonds is 3. The number of carbonyl (C=O) groups is 2. The van der Waals surface area contributed by atoms with Gasteiger partial charge in [0, 0.05) is 17.0 Å². The van der Waals surface area contributed by atoms with E-state index < -0.39 is 34.9 Å². The first-order valence-electron chi connectivity index (χ1n) is 10.4. The Morgan fingerprint density at radius 1 is 1.34 bits per heavy atom. The number of nitrogens with zero attached hydrogens (tertiary/aromatic N) is 1. The van der Waals surface area contributed by atoms with E-state index in [1.807, 2.05) is 30.4 Å². The Morgan fingerprint density at radius 3 is 2.81 bits per heavy atom. The van der Waals surface area contributed by atoms with E-state index in [4.69, 9.17) is 19.2 Å². The fraction of sp³-hybridized carbons (Fsp3) is 0.375. The number of hydrogen-bond acceptors (Lipinski definition) is 8. The summed E-state index contributed by atoms with van der Waals surface area (Å²) in [6.07, 6.45) is 6.46. The Bertz CT molecular complexity index is 1230. The standard InChI is InChI=1S/C24H24N2O6/c1-12(27)24-7-5-9-32-21(24)13-10-14-18-16(26-23(2,20(18)28)22(29)31-4)11-17(30-3)19(14)25-15(13)6-8-24/h5-8,10-12,21,26-27H,9H2,1-4H3/t12-,21+,23-,24-/m1/s1. The van der Waals surface area contributed by atoms with Crippen molar-refractivity contribution in [1.29, 1.82) is 0 Å². The van der Waals surface area contributed by atoms with E-state index in [0.717, 1.165) is 5.56 Å². The third kappa shape index (κ3) is 2.53. The molecule has 3 heterocycles. The number of pyridine rings is 1. The Labute approximate surface area is 184 Å². The first kappa shape index (κ1) is 20.7. The molecule has 4 atom stereocenters. The van der Waals surface area contributed by atoms with E-state index in [2.05, 4.69) is 5.32 Å². The van der Waals surface area contributed by atoms with E-state index in [-0.39, 0.29) is 0 Å². The predicted molar refractivity (Wildman–Crippen MR) is 118 cm³/mol. The van der Waals surface area contributed by atoms with E-state index in [1.54, 1.807) is 13.0 Å². The number of nitrogens with one attached hydrogen (secondary N) is 1. The minimum Gasteiger partial charge on any atom is -0.494 e. The minimum atomic E-state index is -1.54. The number of fused-ring (bicyclic) bond motifs is 6. The Hall–Kier alpha value is -3.23. The fourth-order valence-corrected chi connectivity index (χ4v) is 4.96. The lowest BCUT2D eigenvalue weighted by Crippen LogP contribution is -2.47. The Balaban J connectivity index is 1.78. The molecule has 1 aliphatic carbocycles. The van der Waals surface area contributed by atoms with Crippen LogP contribution in [0.5, 0.6) is 5.75 Å². The van der Waals surface area contributed by atoms with Crippen LogP contribution in [0, 0.1) is 5.41 Å². The van der Waals surface area contributed by atoms with Crippen LogP contribution in [0.3, 0.4) is 0 Å². The van der Waals surface area contributed by atoms with E-state index >= 15 is 0 Å². The molecule has 1 aromatic heterocycles. The number of hydrogen-bond donors (Lipinski definition) is 2. The van der Waals surface area contributed by atoms with Crippen molar-refractivity contribution >= 4 is 34.4 Å². The van der Waals surface area contributed by atoms with Gasteiger partial charge in [-0.2, -0.15) is 0 Å². The highest BCUT2D eigenvalue weighted by Gasteiger charge is 2.50. The van der Waals surface area contributed by atoms with Crippen molar-refractivity contribution in [3.05, 3.63) is 47.2 Å². The lowest BCUT2D eigenvalue weighted by atomic mass is 9.70. The lowest BCUT2D eigenvalue weighted by molar-refractivity contribution is -0.143. The number of esters is 1. The number of aliphatic hydroxyl groups is 1. The summed E-state index contributed by atoms with van der Waals surface area (Å²) in [6, 6.07) is 3.54. The molecule has 1 aromatic carbocycles. The normalized spacial score (nSPS) is 28.5. The SMILES string of the molecule is COC(=O)[C@]1(C)Nc2cc(OC)c3nc4c(cc3c2C1=O)[C@@H]1OCC=C[C@]1([C@@H](C)O)C=C4. The second-order valence-corrected chi connectivity index (χ2v) is 8.56. The second kappa shape index (κ2) is 6.88. The Kier molecular flexibility index (Phi) is 4.44. The molecule has 32 heavy (non-hydrogen) atoms. The van der Waals surface area contributed by atoms with Gasteiger partial charge < -0.3 is 24.6 Å². The quantitative estimate of drug-likeness (QED) is 0.430. The third-order valence-corrected chi connectivity index (χ3v) is 6.77. The molecule has 0 radical (unpaired) electrons. The summed E-state index contributed by atoms with van der Waals surface area (Å²) < 4.78 is 16.5. The van der Waals surface area contributed by atoms with Crippen molar-refractivity contribution < 1.29 is 28.9 Å². The molecule has 0 unspecified atom stereocenters. The molecule has 166 valence electrons. The number of ether oxygens (including phenoxy) is 3. The van der Waals surface area contributed by atoms with Crippen LogP contribution in [-0.2, 0) is 14.3 Å². The van der Waals surface area contributed by atoms with Crippen molar-refractivity contribution in [2.75, 3.05) is 26.1 Å². The average molecular weight is 436 g/mol. The largest absolute Gasteiger partial charge is 0.494 e. The predicted octanol–water partition coefficient (Wildman–Crippen LogP) is 2.80. The van der Waals surface area contributed by atoms with Gasteiger partial charge in [0.1, 0.15) is 17.4 Å². The van der Waals surface area contributed by atoms with Crippen molar-refractivity contribution in [2.24, 2.45) is 5.41 Å². The van der Waals surface area contributed by atoms with Gasteiger partial charge in [-0.15, -0.1) is 0 Å². The van der Waals surface area contributed by atoms with Gasteiger partial charge in [-0.25, -0.2) is 9.78 Å². The molecule has 5 rings (SSSR count). The van der Waals surface area contributed by atoms with Crippen molar-refractivity contribution in [3.8, 4) is 5.75 Å². The van der Waals surface area contributed by atoms with Crippen molar-refractivity contribution in [3.63, 3.8) is 0 Å². The molecule has 2 aliphatic heterocycles. The van der Waals surface area contributed by atoms with Crippen LogP contribution < -0.4 is 10.1 Å². The first-order valence-corrected chi connectivity index (χ1v) is 10.4. The maximum atomic E-state index is 13.4. The molecule has 0 spiro atoms. The number of carbonyl (C=O) groups excluding carboxylic acids is 2. The van der Waals surface area contributed by atoms with Crippen LogP contribution in [-0.4, -0.2) is 54.3 Å². The van der Waals surface area contributed by atoms with E-state index in [0.29, 0.717) is 40.2 Å². The number of aliphatic hydroxyl groups excluding tert-OH is 1. The van der Waals surface area contributed by atoms with Crippen LogP contribution in [0.2, 0.25) is 0 Å². The summed E-state index contributed by atoms with van der Waals surface area (Å²) in [5, 5.41) is 14.2. The van der Waals surface area contributed by atoms with Gasteiger partial charge in [0.05, 0.1) is 49.3 Å². The monoisotopic (exact) mass is 436 g/mol. The summed E-state index contributed by atoms with van der Waals surface area (Å²) in [4.78, 5) is 30.7. The Morgan fingerprint density at radius 2 is 2.12 bits per heavy atom. The molecule has 2 N–H and O–H groups in total. The zero-order valence-electron chi connectivity index (χ0n) is 18.3. The summed E-state index contributed by atoms with van der Waals surface area (Å²) in [7, 11) is 2.78. The second-order valence-electron chi connectivity index (χ2n) is 8.56. The summed E-state index contributed by atoms with van der Waals surface area (Å²) >= 11 is 0. The zero-order valence-corrected chi connectivity index (χ0v) is 18.3. The van der Waals surface area contributed by atoms with Gasteiger partial charge in [0.2, 0.25) is 5.78 Å². The molecule has 0 amide bonds. The highest BCUT2D eigenvalue weighted by molar-refractivity contribution is 6.29. The maximum absolute atomic E-state index is 13.4. The highest BCUT2D eigenvalue weighted by Crippen LogP contribution is 2.51. The van der Waals surface area contributed by atoms with Gasteiger partial charge in [0.25, 0.3) is 0 Å². The van der Waals surface area contributed by atoms with Crippen molar-refractivity contribution in [2.45, 2.75) is 31.6 Å². The van der Waals surface area contributed by atoms with Gasteiger partial charge in [-0.3, -0.25) is 4.79 Å². The first-order chi connectivity index (χ1) is 15.3. The summed E-state index contributed by atoms with van der Waals surface area (Å²) in [6.45, 7) is 3.63. The number of benzene rings is 1. The summed E-state index contributed by atoms with van der Waals surface area (Å²) in [5.41, 5.74) is 0.515. The van der Waals surface area contributed by atoms with E-state index in [9.17, 15) is 14.7 Å². The van der Waals surface area contributed by atoms with Crippen LogP contribution in [0.15, 0.2) is 30.4 Å². The molecule has 2 aromatic rings. The molecule has 0 saturated heterocycles. The van der Waals surface area contributed by atoms with Crippen LogP contribution in [0.25, 0.3) is 17.0 Å². The molecular weight excluding hydrogens is 412 g/mol. The smallest absolute Gasteiger partial charge is 0.339 e. The van der Waals surface area contributed by atoms with Gasteiger partial charge >= 0.3 is 5.97 Å². The maximum Gasteiger partial charge on any atom is 0.339 e. The molecule has 8 nitrogen and oxygen atoms in total. The summed E-state index contributed by atoms with van der Waals surface area (Å²) in [5.74, 6) is -0.596. The topological polar surface area (TPSA) is 107 Å². The average Bonchev–Trinajstić information content (AvgIpc) is 3.07. The number of methoxy groups -OCH3 is 2. The van der Waals surface area contributed by atoms with Crippen LogP contribution in [0.1, 0.15) is 41.6 Å². The number of aromatic nitrogens is 1. The van der Waals surface area contributed by atoms with Gasteiger partial charge in [0.15, 0.2) is 5.54 Å². The van der Waals surface area contributed by atoms with Crippen LogP contribution >= 0.6 is 0 Å². The minimum absolute atomic E-state index is 0.354. The molecule has 0 fully saturated rings. The molecule has 3 aliphatic rings. The molecule has 0 bridgehead atoms. The van der Waals surface area contributed by atoms with Crippen molar-refractivity contribution in [1.82, 2.24) is 4.98 Å². The zero-order chi connectivity index (χ0) is 22.8. The third-order valence-electron chi connectivity index (χ3n) is 6.77. The number of ketones is 1. The van der Waals surface area contributed by atoms with Gasteiger partial charge in [-0.05, 0) is 26.0 Å². The number of Topliss-reactive ketones (excluding diaryl/α,β-unsaturated/α-hetero) is 1. The molecule has 0 saturated carbocycles. The fourth-order valence-electron chi connectivity index (χ4n) is 4.96.